The van der Waals surface area contributed by atoms with Crippen LogP contribution in [0.3, 0.4) is 0 Å². The van der Waals surface area contributed by atoms with Gasteiger partial charge in [0.2, 0.25) is 0 Å². The van der Waals surface area contributed by atoms with E-state index in [0.29, 0.717) is 12.2 Å². The number of para-hydroxylation sites is 1. The van der Waals surface area contributed by atoms with Crippen molar-refractivity contribution in [1.29, 1.82) is 0 Å². The first-order valence-corrected chi connectivity index (χ1v) is 6.95. The molecule has 0 saturated heterocycles. The van der Waals surface area contributed by atoms with E-state index in [0.717, 1.165) is 18.7 Å². The van der Waals surface area contributed by atoms with E-state index >= 15 is 0 Å². The van der Waals surface area contributed by atoms with E-state index in [4.69, 9.17) is 4.74 Å². The van der Waals surface area contributed by atoms with Crippen LogP contribution in [-0.2, 0) is 9.53 Å². The van der Waals surface area contributed by atoms with Gasteiger partial charge in [0.25, 0.3) is 5.91 Å². The molecule has 0 heterocycles. The molecule has 0 radical (unpaired) electrons. The molecule has 0 aliphatic carbocycles. The third kappa shape index (κ3) is 5.30. The molecule has 1 aromatic rings. The van der Waals surface area contributed by atoms with E-state index in [2.05, 4.69) is 17.6 Å². The first-order chi connectivity index (χ1) is 9.69. The highest BCUT2D eigenvalue weighted by Gasteiger charge is 2.10. The van der Waals surface area contributed by atoms with Crippen LogP contribution in [0.15, 0.2) is 24.3 Å². The van der Waals surface area contributed by atoms with Crippen molar-refractivity contribution >= 4 is 17.6 Å². The third-order valence-electron chi connectivity index (χ3n) is 2.66. The highest BCUT2D eigenvalue weighted by Crippen LogP contribution is 2.14. The number of amides is 1. The topological polar surface area (TPSA) is 67.4 Å². The standard InChI is InChI=1S/C15H22N2O3/c1-3-10-16-13-8-6-5-7-12(13)15(19)17-11-9-14(18)20-4-2/h5-8,16H,3-4,9-11H2,1-2H3,(H,17,19). The van der Waals surface area contributed by atoms with Crippen molar-refractivity contribution in [3.8, 4) is 0 Å². The monoisotopic (exact) mass is 278 g/mol. The van der Waals surface area contributed by atoms with Crippen molar-refractivity contribution < 1.29 is 14.3 Å². The Labute approximate surface area is 119 Å². The highest BCUT2D eigenvalue weighted by molar-refractivity contribution is 5.99. The Bertz CT molecular complexity index is 446. The number of nitrogens with one attached hydrogen (secondary N) is 2. The summed E-state index contributed by atoms with van der Waals surface area (Å²) < 4.78 is 4.80. The summed E-state index contributed by atoms with van der Waals surface area (Å²) in [5.74, 6) is -0.487. The first kappa shape index (κ1) is 16.0. The molecule has 0 spiro atoms. The lowest BCUT2D eigenvalue weighted by molar-refractivity contribution is -0.142. The molecular formula is C15H22N2O3. The molecule has 5 heteroatoms. The first-order valence-electron chi connectivity index (χ1n) is 6.95. The molecule has 5 nitrogen and oxygen atoms in total. The summed E-state index contributed by atoms with van der Waals surface area (Å²) in [5, 5.41) is 5.94. The van der Waals surface area contributed by atoms with Gasteiger partial charge in [-0.15, -0.1) is 0 Å². The van der Waals surface area contributed by atoms with Crippen LogP contribution in [0.4, 0.5) is 5.69 Å². The van der Waals surface area contributed by atoms with E-state index in [1.807, 2.05) is 18.2 Å². The molecule has 1 amide bonds. The summed E-state index contributed by atoms with van der Waals surface area (Å²) in [6, 6.07) is 7.33. The van der Waals surface area contributed by atoms with E-state index in [1.54, 1.807) is 13.0 Å². The lowest BCUT2D eigenvalue weighted by atomic mass is 10.1. The largest absolute Gasteiger partial charge is 0.466 e. The molecule has 0 aliphatic heterocycles. The Morgan fingerprint density at radius 2 is 1.90 bits per heavy atom. The van der Waals surface area contributed by atoms with Crippen LogP contribution in [0, 0.1) is 0 Å². The summed E-state index contributed by atoms with van der Waals surface area (Å²) in [5.41, 5.74) is 1.40. The second kappa shape index (κ2) is 8.96. The molecule has 0 atom stereocenters. The summed E-state index contributed by atoms with van der Waals surface area (Å²) in [4.78, 5) is 23.2. The quantitative estimate of drug-likeness (QED) is 0.715. The zero-order chi connectivity index (χ0) is 14.8. The van der Waals surface area contributed by atoms with Crippen LogP contribution in [0.25, 0.3) is 0 Å². The number of hydrogen-bond acceptors (Lipinski definition) is 4. The minimum atomic E-state index is -0.301. The minimum Gasteiger partial charge on any atom is -0.466 e. The summed E-state index contributed by atoms with van der Waals surface area (Å²) in [6.07, 6.45) is 1.17. The van der Waals surface area contributed by atoms with Gasteiger partial charge in [0.15, 0.2) is 0 Å². The summed E-state index contributed by atoms with van der Waals surface area (Å²) in [7, 11) is 0. The fourth-order valence-electron chi connectivity index (χ4n) is 1.70. The zero-order valence-corrected chi connectivity index (χ0v) is 12.1. The molecular weight excluding hydrogens is 256 g/mol. The number of esters is 1. The van der Waals surface area contributed by atoms with Gasteiger partial charge in [0.1, 0.15) is 0 Å². The Morgan fingerprint density at radius 1 is 1.15 bits per heavy atom. The third-order valence-corrected chi connectivity index (χ3v) is 2.66. The number of hydrogen-bond donors (Lipinski definition) is 2. The SMILES string of the molecule is CCCNc1ccccc1C(=O)NCCC(=O)OCC. The maximum Gasteiger partial charge on any atom is 0.307 e. The number of anilines is 1. The molecule has 0 bridgehead atoms. The van der Waals surface area contributed by atoms with Gasteiger partial charge < -0.3 is 15.4 Å². The molecule has 0 aliphatic rings. The van der Waals surface area contributed by atoms with Crippen molar-refractivity contribution in [1.82, 2.24) is 5.32 Å². The molecule has 0 fully saturated rings. The molecule has 2 N–H and O–H groups in total. The molecule has 20 heavy (non-hydrogen) atoms. The Balaban J connectivity index is 2.52. The van der Waals surface area contributed by atoms with Crippen molar-refractivity contribution in [3.05, 3.63) is 29.8 Å². The van der Waals surface area contributed by atoms with Gasteiger partial charge in [-0.05, 0) is 25.5 Å². The smallest absolute Gasteiger partial charge is 0.307 e. The van der Waals surface area contributed by atoms with E-state index in [9.17, 15) is 9.59 Å². The lowest BCUT2D eigenvalue weighted by Gasteiger charge is -2.11. The fourth-order valence-corrected chi connectivity index (χ4v) is 1.70. The second-order valence-electron chi connectivity index (χ2n) is 4.28. The van der Waals surface area contributed by atoms with Gasteiger partial charge in [0.05, 0.1) is 18.6 Å². The maximum atomic E-state index is 12.1. The van der Waals surface area contributed by atoms with Gasteiger partial charge in [-0.1, -0.05) is 19.1 Å². The predicted molar refractivity (Wildman–Crippen MR) is 78.8 cm³/mol. The van der Waals surface area contributed by atoms with Crippen molar-refractivity contribution in [3.63, 3.8) is 0 Å². The van der Waals surface area contributed by atoms with Crippen molar-refractivity contribution in [2.45, 2.75) is 26.7 Å². The zero-order valence-electron chi connectivity index (χ0n) is 12.1. The maximum absolute atomic E-state index is 12.1. The molecule has 0 unspecified atom stereocenters. The van der Waals surface area contributed by atoms with Crippen LogP contribution in [0.2, 0.25) is 0 Å². The van der Waals surface area contributed by atoms with Crippen LogP contribution in [0.1, 0.15) is 37.0 Å². The average Bonchev–Trinajstić information content (AvgIpc) is 2.45. The van der Waals surface area contributed by atoms with Crippen LogP contribution in [0.5, 0.6) is 0 Å². The molecule has 1 rings (SSSR count). The van der Waals surface area contributed by atoms with E-state index in [-0.39, 0.29) is 24.8 Å². The molecule has 110 valence electrons. The van der Waals surface area contributed by atoms with Gasteiger partial charge in [-0.25, -0.2) is 0 Å². The number of carbonyl (C=O) groups is 2. The highest BCUT2D eigenvalue weighted by atomic mass is 16.5. The van der Waals surface area contributed by atoms with Gasteiger partial charge in [0, 0.05) is 18.8 Å². The molecule has 0 aromatic heterocycles. The van der Waals surface area contributed by atoms with Crippen molar-refractivity contribution in [2.24, 2.45) is 0 Å². The number of ether oxygens (including phenoxy) is 1. The molecule has 1 aromatic carbocycles. The average molecular weight is 278 g/mol. The van der Waals surface area contributed by atoms with Crippen LogP contribution >= 0.6 is 0 Å². The van der Waals surface area contributed by atoms with Crippen LogP contribution < -0.4 is 10.6 Å². The van der Waals surface area contributed by atoms with Gasteiger partial charge in [-0.2, -0.15) is 0 Å². The fraction of sp³-hybridized carbons (Fsp3) is 0.467. The number of rotatable bonds is 8. The Hall–Kier alpha value is -2.04. The normalized spacial score (nSPS) is 9.90. The van der Waals surface area contributed by atoms with E-state index in [1.165, 1.54) is 0 Å². The second-order valence-corrected chi connectivity index (χ2v) is 4.28. The minimum absolute atomic E-state index is 0.185. The van der Waals surface area contributed by atoms with Gasteiger partial charge >= 0.3 is 5.97 Å². The van der Waals surface area contributed by atoms with Crippen LogP contribution in [-0.4, -0.2) is 31.6 Å². The number of carbonyl (C=O) groups excluding carboxylic acids is 2. The molecule has 0 saturated carbocycles. The number of benzene rings is 1. The Kier molecular flexibility index (Phi) is 7.17. The summed E-state index contributed by atoms with van der Waals surface area (Å²) in [6.45, 7) is 5.27. The Morgan fingerprint density at radius 3 is 2.60 bits per heavy atom. The van der Waals surface area contributed by atoms with Gasteiger partial charge in [-0.3, -0.25) is 9.59 Å². The summed E-state index contributed by atoms with van der Waals surface area (Å²) >= 11 is 0. The van der Waals surface area contributed by atoms with Crippen molar-refractivity contribution in [2.75, 3.05) is 25.0 Å². The predicted octanol–water partition coefficient (Wildman–Crippen LogP) is 2.19. The van der Waals surface area contributed by atoms with E-state index < -0.39 is 0 Å². The lowest BCUT2D eigenvalue weighted by Crippen LogP contribution is -2.27.